The third-order valence-corrected chi connectivity index (χ3v) is 5.03. The molecule has 0 bridgehead atoms. The molecule has 4 rings (SSSR count). The number of nitrogens with zero attached hydrogens (tertiary/aromatic N) is 5. The van der Waals surface area contributed by atoms with Crippen molar-refractivity contribution in [3.63, 3.8) is 0 Å². The Morgan fingerprint density at radius 2 is 1.76 bits per heavy atom. The Bertz CT molecular complexity index is 1350. The smallest absolute Gasteiger partial charge is 0.261 e. The molecule has 0 saturated carbocycles. The average Bonchev–Trinajstić information content (AvgIpc) is 2.80. The number of carbonyl (C=O) groups excluding carboxylic acids is 1. The molecule has 168 valence electrons. The monoisotopic (exact) mass is 443 g/mol. The number of amides is 1. The molecule has 2 aromatic heterocycles. The Balaban J connectivity index is 1.36. The van der Waals surface area contributed by atoms with Crippen molar-refractivity contribution in [3.05, 3.63) is 77.1 Å². The maximum Gasteiger partial charge on any atom is 0.261 e. The van der Waals surface area contributed by atoms with Crippen molar-refractivity contribution >= 4 is 39.8 Å². The molecule has 0 aliphatic heterocycles. The van der Waals surface area contributed by atoms with Crippen LogP contribution in [0.3, 0.4) is 0 Å². The molecule has 0 radical (unpaired) electrons. The Labute approximate surface area is 191 Å². The van der Waals surface area contributed by atoms with E-state index < -0.39 is 0 Å². The Hall–Kier alpha value is -4.27. The highest BCUT2D eigenvalue weighted by Gasteiger charge is 2.08. The van der Waals surface area contributed by atoms with Crippen LogP contribution in [-0.4, -0.2) is 39.5 Å². The second-order valence-corrected chi connectivity index (χ2v) is 7.81. The van der Waals surface area contributed by atoms with Crippen LogP contribution in [0.1, 0.15) is 12.2 Å². The van der Waals surface area contributed by atoms with E-state index in [-0.39, 0.29) is 24.4 Å². The number of rotatable bonds is 7. The molecule has 0 saturated heterocycles. The third kappa shape index (κ3) is 5.32. The number of hydrogen-bond acceptors (Lipinski definition) is 7. The maximum atomic E-state index is 12.5. The van der Waals surface area contributed by atoms with Gasteiger partial charge in [-0.15, -0.1) is 0 Å². The van der Waals surface area contributed by atoms with Gasteiger partial charge in [-0.25, -0.2) is 15.0 Å². The highest BCUT2D eigenvalue weighted by atomic mass is 16.2. The van der Waals surface area contributed by atoms with E-state index in [9.17, 15) is 9.59 Å². The largest absolute Gasteiger partial charge is 0.363 e. The number of anilines is 4. The lowest BCUT2D eigenvalue weighted by Gasteiger charge is -2.14. The van der Waals surface area contributed by atoms with Gasteiger partial charge in [0.1, 0.15) is 17.5 Å². The summed E-state index contributed by atoms with van der Waals surface area (Å²) in [7, 11) is 3.85. The minimum absolute atomic E-state index is 0.152. The minimum Gasteiger partial charge on any atom is -0.363 e. The van der Waals surface area contributed by atoms with E-state index in [1.54, 1.807) is 18.2 Å². The molecule has 33 heavy (non-hydrogen) atoms. The van der Waals surface area contributed by atoms with E-state index in [4.69, 9.17) is 0 Å². The summed E-state index contributed by atoms with van der Waals surface area (Å²) in [5.41, 5.74) is 2.00. The molecule has 0 aliphatic carbocycles. The van der Waals surface area contributed by atoms with Gasteiger partial charge in [0.05, 0.1) is 17.2 Å². The van der Waals surface area contributed by atoms with E-state index in [0.29, 0.717) is 28.2 Å². The van der Waals surface area contributed by atoms with E-state index in [2.05, 4.69) is 25.6 Å². The van der Waals surface area contributed by atoms with Gasteiger partial charge in [0.25, 0.3) is 5.56 Å². The number of aryl methyl sites for hydroxylation is 2. The lowest BCUT2D eigenvalue weighted by molar-refractivity contribution is -0.116. The number of carbonyl (C=O) groups is 1. The molecule has 4 aromatic rings. The van der Waals surface area contributed by atoms with Gasteiger partial charge in [-0.05, 0) is 43.3 Å². The summed E-state index contributed by atoms with van der Waals surface area (Å²) in [5, 5.41) is 6.65. The molecule has 0 unspecified atom stereocenters. The van der Waals surface area contributed by atoms with Gasteiger partial charge in [-0.1, -0.05) is 12.1 Å². The summed E-state index contributed by atoms with van der Waals surface area (Å²) in [6.07, 6.45) is 1.64. The highest BCUT2D eigenvalue weighted by molar-refractivity contribution is 5.90. The number of aromatic nitrogens is 4. The third-order valence-electron chi connectivity index (χ3n) is 5.03. The predicted molar refractivity (Wildman–Crippen MR) is 130 cm³/mol. The first kappa shape index (κ1) is 21.9. The van der Waals surface area contributed by atoms with E-state index >= 15 is 0 Å². The normalized spacial score (nSPS) is 10.8. The van der Waals surface area contributed by atoms with Crippen molar-refractivity contribution in [2.75, 3.05) is 29.6 Å². The van der Waals surface area contributed by atoms with Gasteiger partial charge in [-0.3, -0.25) is 14.2 Å². The first-order chi connectivity index (χ1) is 15.9. The van der Waals surface area contributed by atoms with Crippen LogP contribution in [0, 0.1) is 6.92 Å². The molecule has 9 heteroatoms. The van der Waals surface area contributed by atoms with Crippen LogP contribution in [0.5, 0.6) is 0 Å². The number of hydrogen-bond donors (Lipinski definition) is 2. The second kappa shape index (κ2) is 9.47. The second-order valence-electron chi connectivity index (χ2n) is 7.81. The van der Waals surface area contributed by atoms with Crippen LogP contribution < -0.4 is 21.1 Å². The molecule has 9 nitrogen and oxygen atoms in total. The minimum atomic E-state index is -0.183. The van der Waals surface area contributed by atoms with Crippen molar-refractivity contribution in [1.82, 2.24) is 19.5 Å². The van der Waals surface area contributed by atoms with Crippen LogP contribution in [0.25, 0.3) is 10.9 Å². The zero-order valence-corrected chi connectivity index (χ0v) is 18.7. The SMILES string of the molecule is Cc1nc(Nc2ccc(NC(=O)CCn3cnc4ccccc4c3=O)cc2)cc(N(C)C)n1. The summed E-state index contributed by atoms with van der Waals surface area (Å²) >= 11 is 0. The Morgan fingerprint density at radius 3 is 2.52 bits per heavy atom. The van der Waals surface area contributed by atoms with Gasteiger partial charge in [-0.2, -0.15) is 0 Å². The zero-order chi connectivity index (χ0) is 23.4. The number of benzene rings is 2. The molecular weight excluding hydrogens is 418 g/mol. The average molecular weight is 444 g/mol. The zero-order valence-electron chi connectivity index (χ0n) is 18.7. The molecule has 2 heterocycles. The quantitative estimate of drug-likeness (QED) is 0.451. The van der Waals surface area contributed by atoms with Crippen LogP contribution in [0.4, 0.5) is 23.0 Å². The van der Waals surface area contributed by atoms with Crippen molar-refractivity contribution in [2.45, 2.75) is 19.9 Å². The van der Waals surface area contributed by atoms with Crippen molar-refractivity contribution in [1.29, 1.82) is 0 Å². The summed E-state index contributed by atoms with van der Waals surface area (Å²) in [6, 6.07) is 16.4. The van der Waals surface area contributed by atoms with E-state index in [1.807, 2.05) is 62.3 Å². The first-order valence-corrected chi connectivity index (χ1v) is 10.5. The molecule has 0 atom stereocenters. The fourth-order valence-electron chi connectivity index (χ4n) is 3.34. The molecule has 0 aliphatic rings. The van der Waals surface area contributed by atoms with Crippen molar-refractivity contribution in [2.24, 2.45) is 0 Å². The lowest BCUT2D eigenvalue weighted by Crippen LogP contribution is -2.23. The van der Waals surface area contributed by atoms with E-state index in [1.165, 1.54) is 10.9 Å². The molecule has 0 spiro atoms. The van der Waals surface area contributed by atoms with Crippen LogP contribution in [0.15, 0.2) is 65.7 Å². The van der Waals surface area contributed by atoms with Gasteiger partial charge in [0, 0.05) is 44.5 Å². The summed E-state index contributed by atoms with van der Waals surface area (Å²) in [5.74, 6) is 2.00. The van der Waals surface area contributed by atoms with Crippen LogP contribution >= 0.6 is 0 Å². The van der Waals surface area contributed by atoms with Gasteiger partial charge < -0.3 is 15.5 Å². The van der Waals surface area contributed by atoms with Gasteiger partial charge >= 0.3 is 0 Å². The van der Waals surface area contributed by atoms with Crippen LogP contribution in [-0.2, 0) is 11.3 Å². The predicted octanol–water partition coefficient (Wildman–Crippen LogP) is 3.33. The molecule has 1 amide bonds. The first-order valence-electron chi connectivity index (χ1n) is 10.5. The van der Waals surface area contributed by atoms with E-state index in [0.717, 1.165) is 11.5 Å². The number of fused-ring (bicyclic) bond motifs is 1. The van der Waals surface area contributed by atoms with Crippen molar-refractivity contribution < 1.29 is 4.79 Å². The molecule has 0 fully saturated rings. The van der Waals surface area contributed by atoms with Crippen LogP contribution in [0.2, 0.25) is 0 Å². The summed E-state index contributed by atoms with van der Waals surface area (Å²) in [4.78, 5) is 39.9. The topological polar surface area (TPSA) is 105 Å². The fourth-order valence-corrected chi connectivity index (χ4v) is 3.34. The van der Waals surface area contributed by atoms with Crippen molar-refractivity contribution in [3.8, 4) is 0 Å². The Morgan fingerprint density at radius 1 is 1.03 bits per heavy atom. The molecule has 2 aromatic carbocycles. The molecular formula is C24H25N7O2. The standard InChI is InChI=1S/C24H25N7O2/c1-16-26-21(14-22(27-16)30(2)3)28-17-8-10-18(11-9-17)29-23(32)12-13-31-15-25-20-7-5-4-6-19(20)24(31)33/h4-11,14-15H,12-13H2,1-3H3,(H,29,32)(H,26,27,28). The molecule has 2 N–H and O–H groups in total. The highest BCUT2D eigenvalue weighted by Crippen LogP contribution is 2.20. The summed E-state index contributed by atoms with van der Waals surface area (Å²) in [6.45, 7) is 2.10. The van der Waals surface area contributed by atoms with Gasteiger partial charge in [0.15, 0.2) is 0 Å². The van der Waals surface area contributed by atoms with Gasteiger partial charge in [0.2, 0.25) is 5.91 Å². The number of nitrogens with one attached hydrogen (secondary N) is 2. The number of para-hydroxylation sites is 1. The Kier molecular flexibility index (Phi) is 6.30. The summed E-state index contributed by atoms with van der Waals surface area (Å²) < 4.78 is 1.46. The fraction of sp³-hybridized carbons (Fsp3) is 0.208. The maximum absolute atomic E-state index is 12.5. The lowest BCUT2D eigenvalue weighted by atomic mass is 10.2.